The normalized spacial score (nSPS) is 16.2. The van der Waals surface area contributed by atoms with Crippen LogP contribution >= 0.6 is 0 Å². The minimum absolute atomic E-state index is 0.0600. The highest BCUT2D eigenvalue weighted by molar-refractivity contribution is 6.46. The minimum atomic E-state index is -0.924. The highest BCUT2D eigenvalue weighted by Crippen LogP contribution is 2.42. The predicted octanol–water partition coefficient (Wildman–Crippen LogP) is 5.31. The number of aryl methyl sites for hydroxylation is 1. The van der Waals surface area contributed by atoms with Gasteiger partial charge in [-0.3, -0.25) is 14.6 Å². The Bertz CT molecular complexity index is 1580. The lowest BCUT2D eigenvalue weighted by molar-refractivity contribution is -0.140. The number of carbonyl (C=O) groups excluding carboxylic acids is 2. The van der Waals surface area contributed by atoms with Gasteiger partial charge in [0.15, 0.2) is 11.5 Å². The number of hydrogen-bond acceptors (Lipinski definition) is 7. The number of methoxy groups -OCH3 is 1. The number of aliphatic hydroxyl groups is 1. The molecule has 1 aliphatic rings. The van der Waals surface area contributed by atoms with Crippen molar-refractivity contribution in [2.24, 2.45) is 0 Å². The quantitative estimate of drug-likeness (QED) is 0.179. The molecule has 2 N–H and O–H groups in total. The predicted molar refractivity (Wildman–Crippen MR) is 149 cm³/mol. The van der Waals surface area contributed by atoms with Gasteiger partial charge in [0.1, 0.15) is 18.1 Å². The van der Waals surface area contributed by atoms with Crippen LogP contribution in [0.2, 0.25) is 0 Å². The number of rotatable bonds is 8. The van der Waals surface area contributed by atoms with Gasteiger partial charge < -0.3 is 24.6 Å². The Labute approximate surface area is 231 Å². The van der Waals surface area contributed by atoms with Gasteiger partial charge in [0, 0.05) is 24.5 Å². The zero-order valence-electron chi connectivity index (χ0n) is 22.1. The molecule has 8 heteroatoms. The second-order valence-electron chi connectivity index (χ2n) is 9.46. The summed E-state index contributed by atoms with van der Waals surface area (Å²) < 4.78 is 11.2. The molecule has 8 nitrogen and oxygen atoms in total. The summed E-state index contributed by atoms with van der Waals surface area (Å²) in [4.78, 5) is 32.1. The Balaban J connectivity index is 1.51. The largest absolute Gasteiger partial charge is 0.507 e. The number of likely N-dealkylation sites (tertiary alicyclic amines) is 1. The molecule has 0 spiro atoms. The van der Waals surface area contributed by atoms with Crippen molar-refractivity contribution in [3.8, 4) is 17.2 Å². The number of amides is 1. The lowest BCUT2D eigenvalue weighted by atomic mass is 9.95. The van der Waals surface area contributed by atoms with E-state index >= 15 is 0 Å². The molecule has 1 aromatic heterocycles. The van der Waals surface area contributed by atoms with Crippen molar-refractivity contribution >= 4 is 17.4 Å². The molecule has 2 heterocycles. The first-order valence-electron chi connectivity index (χ1n) is 12.7. The number of nitrogens with zero attached hydrogens (tertiary/aromatic N) is 2. The molecule has 1 fully saturated rings. The number of aromatic nitrogens is 1. The summed E-state index contributed by atoms with van der Waals surface area (Å²) in [6, 6.07) is 21.8. The topological polar surface area (TPSA) is 109 Å². The lowest BCUT2D eigenvalue weighted by Gasteiger charge is -2.25. The number of carbonyl (C=O) groups is 2. The third-order valence-electron chi connectivity index (χ3n) is 6.92. The summed E-state index contributed by atoms with van der Waals surface area (Å²) >= 11 is 0. The van der Waals surface area contributed by atoms with Crippen LogP contribution in [-0.2, 0) is 22.7 Å². The molecular formula is C32H28N2O6. The molecule has 1 saturated heterocycles. The van der Waals surface area contributed by atoms with Gasteiger partial charge in [-0.2, -0.15) is 0 Å². The second-order valence-corrected chi connectivity index (χ2v) is 9.46. The maximum absolute atomic E-state index is 13.4. The summed E-state index contributed by atoms with van der Waals surface area (Å²) in [5, 5.41) is 21.5. The van der Waals surface area contributed by atoms with E-state index in [0.717, 1.165) is 16.7 Å². The van der Waals surface area contributed by atoms with Crippen molar-refractivity contribution in [3.63, 3.8) is 0 Å². The van der Waals surface area contributed by atoms with E-state index in [1.165, 1.54) is 18.1 Å². The van der Waals surface area contributed by atoms with E-state index in [4.69, 9.17) is 9.47 Å². The number of aliphatic hydroxyl groups excluding tert-OH is 1. The Kier molecular flexibility index (Phi) is 7.50. The second kappa shape index (κ2) is 11.3. The van der Waals surface area contributed by atoms with Crippen molar-refractivity contribution < 1.29 is 29.3 Å². The SMILES string of the molecule is COc1cc(C2C(=C(O)c3ccc(OCc4ccccc4C)cc3)C(=O)C(=O)N2Cc2cccnc2)ccc1O. The van der Waals surface area contributed by atoms with Crippen LogP contribution in [0.15, 0.2) is 96.8 Å². The third kappa shape index (κ3) is 5.24. The van der Waals surface area contributed by atoms with Crippen molar-refractivity contribution in [3.05, 3.63) is 125 Å². The van der Waals surface area contributed by atoms with Gasteiger partial charge in [-0.25, -0.2) is 0 Å². The molecule has 5 rings (SSSR count). The number of phenols is 1. The van der Waals surface area contributed by atoms with Gasteiger partial charge in [-0.1, -0.05) is 36.4 Å². The van der Waals surface area contributed by atoms with Crippen LogP contribution in [-0.4, -0.2) is 38.9 Å². The molecule has 40 heavy (non-hydrogen) atoms. The molecule has 0 bridgehead atoms. The summed E-state index contributed by atoms with van der Waals surface area (Å²) in [6.07, 6.45) is 3.23. The lowest BCUT2D eigenvalue weighted by Crippen LogP contribution is -2.29. The summed E-state index contributed by atoms with van der Waals surface area (Å²) in [5.74, 6) is -1.18. The van der Waals surface area contributed by atoms with Crippen molar-refractivity contribution in [1.82, 2.24) is 9.88 Å². The fourth-order valence-electron chi connectivity index (χ4n) is 4.74. The number of ketones is 1. The first-order valence-corrected chi connectivity index (χ1v) is 12.7. The molecule has 1 unspecified atom stereocenters. The van der Waals surface area contributed by atoms with Crippen LogP contribution in [0.1, 0.15) is 33.9 Å². The molecule has 0 saturated carbocycles. The molecule has 1 atom stereocenters. The van der Waals surface area contributed by atoms with Crippen molar-refractivity contribution in [2.75, 3.05) is 7.11 Å². The Morgan fingerprint density at radius 3 is 2.48 bits per heavy atom. The zero-order chi connectivity index (χ0) is 28.2. The zero-order valence-corrected chi connectivity index (χ0v) is 22.1. The summed E-state index contributed by atoms with van der Waals surface area (Å²) in [7, 11) is 1.41. The van der Waals surface area contributed by atoms with Gasteiger partial charge >= 0.3 is 0 Å². The fraction of sp³-hybridized carbons (Fsp3) is 0.156. The number of pyridine rings is 1. The van der Waals surface area contributed by atoms with Crippen LogP contribution in [0.3, 0.4) is 0 Å². The monoisotopic (exact) mass is 536 g/mol. The van der Waals surface area contributed by atoms with Crippen LogP contribution in [0.25, 0.3) is 5.76 Å². The van der Waals surface area contributed by atoms with Gasteiger partial charge in [0.25, 0.3) is 11.7 Å². The molecule has 202 valence electrons. The van der Waals surface area contributed by atoms with Gasteiger partial charge in [0.2, 0.25) is 0 Å². The smallest absolute Gasteiger partial charge is 0.295 e. The van der Waals surface area contributed by atoms with Crippen LogP contribution in [0.4, 0.5) is 0 Å². The van der Waals surface area contributed by atoms with Gasteiger partial charge in [0.05, 0.1) is 18.7 Å². The molecule has 0 aliphatic carbocycles. The van der Waals surface area contributed by atoms with Crippen LogP contribution in [0, 0.1) is 6.92 Å². The average Bonchev–Trinajstić information content (AvgIpc) is 3.22. The van der Waals surface area contributed by atoms with E-state index in [1.54, 1.807) is 60.9 Å². The number of benzene rings is 3. The Morgan fingerprint density at radius 1 is 1.00 bits per heavy atom. The summed E-state index contributed by atoms with van der Waals surface area (Å²) in [5.41, 5.74) is 3.70. The number of aromatic hydroxyl groups is 1. The number of ether oxygens (including phenoxy) is 2. The number of hydrogen-bond donors (Lipinski definition) is 2. The molecular weight excluding hydrogens is 508 g/mol. The molecule has 3 aromatic carbocycles. The van der Waals surface area contributed by atoms with E-state index in [9.17, 15) is 19.8 Å². The van der Waals surface area contributed by atoms with Gasteiger partial charge in [-0.05, 0) is 71.6 Å². The highest BCUT2D eigenvalue weighted by atomic mass is 16.5. The van der Waals surface area contributed by atoms with E-state index in [1.807, 2.05) is 31.2 Å². The maximum atomic E-state index is 13.4. The Morgan fingerprint density at radius 2 is 1.77 bits per heavy atom. The molecule has 4 aromatic rings. The van der Waals surface area contributed by atoms with E-state index < -0.39 is 17.7 Å². The van der Waals surface area contributed by atoms with Gasteiger partial charge in [-0.15, -0.1) is 0 Å². The first-order chi connectivity index (χ1) is 19.4. The fourth-order valence-corrected chi connectivity index (χ4v) is 4.74. The first kappa shape index (κ1) is 26.5. The number of phenolic OH excluding ortho intramolecular Hbond substituents is 1. The van der Waals surface area contributed by atoms with Crippen LogP contribution in [0.5, 0.6) is 17.2 Å². The number of Topliss-reactive ketones (excluding diaryl/α,β-unsaturated/α-hetero) is 1. The van der Waals surface area contributed by atoms with Crippen molar-refractivity contribution in [1.29, 1.82) is 0 Å². The molecule has 1 amide bonds. The summed E-state index contributed by atoms with van der Waals surface area (Å²) in [6.45, 7) is 2.50. The van der Waals surface area contributed by atoms with E-state index in [0.29, 0.717) is 23.5 Å². The third-order valence-corrected chi connectivity index (χ3v) is 6.92. The minimum Gasteiger partial charge on any atom is -0.507 e. The van der Waals surface area contributed by atoms with E-state index in [-0.39, 0.29) is 29.4 Å². The molecule has 1 aliphatic heterocycles. The van der Waals surface area contributed by atoms with E-state index in [2.05, 4.69) is 4.98 Å². The standard InChI is InChI=1S/C32H28N2O6/c1-20-6-3-4-8-24(20)19-40-25-12-9-22(10-13-25)30(36)28-29(23-11-14-26(35)27(16-23)39-2)34(32(38)31(28)37)18-21-7-5-15-33-17-21/h3-17,29,35-36H,18-19H2,1-2H3. The van der Waals surface area contributed by atoms with Crippen LogP contribution < -0.4 is 9.47 Å². The Hall–Kier alpha value is -5.11. The van der Waals surface area contributed by atoms with Crippen molar-refractivity contribution in [2.45, 2.75) is 26.1 Å². The highest BCUT2D eigenvalue weighted by Gasteiger charge is 2.46. The maximum Gasteiger partial charge on any atom is 0.295 e. The average molecular weight is 537 g/mol. The molecule has 0 radical (unpaired) electrons.